The van der Waals surface area contributed by atoms with E-state index in [1.807, 2.05) is 13.1 Å². The van der Waals surface area contributed by atoms with Gasteiger partial charge in [0.2, 0.25) is 5.91 Å². The molecule has 3 heterocycles. The molecular formula is C29H32N2O6. The molecule has 1 saturated carbocycles. The lowest BCUT2D eigenvalue weighted by molar-refractivity contribution is -0.135. The number of amides is 1. The normalized spacial score (nSPS) is 29.5. The first-order valence-electron chi connectivity index (χ1n) is 12.9. The SMILES string of the molecule is C=CCN1CC[C@]23c4c5c(O)cc(OC(C)=O)c4O[C@H]2[C@H](N(C)C(=O)/C=C/c2ccoc2)CC[C@H]3[C@H]1C5. The van der Waals surface area contributed by atoms with Crippen LogP contribution in [-0.4, -0.2) is 65.1 Å². The summed E-state index contributed by atoms with van der Waals surface area (Å²) < 4.78 is 17.4. The number of esters is 1. The van der Waals surface area contributed by atoms with Crippen LogP contribution in [0.25, 0.3) is 6.08 Å². The average molecular weight is 505 g/mol. The van der Waals surface area contributed by atoms with Crippen molar-refractivity contribution < 1.29 is 28.6 Å². The second-order valence-electron chi connectivity index (χ2n) is 10.6. The Balaban J connectivity index is 1.43. The molecule has 8 nitrogen and oxygen atoms in total. The Hall–Kier alpha value is -3.52. The van der Waals surface area contributed by atoms with Gasteiger partial charge in [-0.2, -0.15) is 0 Å². The fourth-order valence-corrected chi connectivity index (χ4v) is 7.49. The van der Waals surface area contributed by atoms with E-state index in [1.54, 1.807) is 35.6 Å². The Labute approximate surface area is 216 Å². The minimum atomic E-state index is -0.467. The Morgan fingerprint density at radius 1 is 1.38 bits per heavy atom. The van der Waals surface area contributed by atoms with Crippen molar-refractivity contribution in [3.63, 3.8) is 0 Å². The molecule has 1 aromatic heterocycles. The molecule has 37 heavy (non-hydrogen) atoms. The van der Waals surface area contributed by atoms with Crippen LogP contribution in [0.4, 0.5) is 0 Å². The molecule has 8 heteroatoms. The minimum Gasteiger partial charge on any atom is -0.508 e. The van der Waals surface area contributed by atoms with Crippen molar-refractivity contribution in [2.75, 3.05) is 20.1 Å². The van der Waals surface area contributed by atoms with Crippen LogP contribution in [0.1, 0.15) is 42.9 Å². The summed E-state index contributed by atoms with van der Waals surface area (Å²) in [5.74, 6) is 0.664. The molecule has 2 bridgehead atoms. The number of aromatic hydroxyl groups is 1. The number of phenols is 1. The van der Waals surface area contributed by atoms with Gasteiger partial charge in [-0.25, -0.2) is 0 Å². The number of likely N-dealkylation sites (N-methyl/N-ethyl adjacent to an activating group) is 1. The lowest BCUT2D eigenvalue weighted by Crippen LogP contribution is -2.68. The van der Waals surface area contributed by atoms with E-state index in [0.29, 0.717) is 18.1 Å². The van der Waals surface area contributed by atoms with Gasteiger partial charge in [-0.05, 0) is 50.3 Å². The molecule has 194 valence electrons. The van der Waals surface area contributed by atoms with E-state index in [9.17, 15) is 14.7 Å². The highest BCUT2D eigenvalue weighted by Crippen LogP contribution is 2.65. The van der Waals surface area contributed by atoms with E-state index in [4.69, 9.17) is 13.9 Å². The maximum absolute atomic E-state index is 13.3. The number of phenolic OH excluding ortho intramolecular Hbond substituents is 1. The van der Waals surface area contributed by atoms with Crippen molar-refractivity contribution >= 4 is 18.0 Å². The molecule has 2 fully saturated rings. The van der Waals surface area contributed by atoms with Crippen LogP contribution in [0, 0.1) is 5.92 Å². The molecule has 6 rings (SSSR count). The molecule has 1 amide bonds. The number of piperidine rings is 1. The van der Waals surface area contributed by atoms with Crippen molar-refractivity contribution in [2.24, 2.45) is 5.92 Å². The molecule has 1 aromatic carbocycles. The predicted octanol–water partition coefficient (Wildman–Crippen LogP) is 3.68. The number of hydrogen-bond donors (Lipinski definition) is 1. The van der Waals surface area contributed by atoms with Gasteiger partial charge in [0.15, 0.2) is 11.5 Å². The highest BCUT2D eigenvalue weighted by atomic mass is 16.6. The Kier molecular flexibility index (Phi) is 5.67. The summed E-state index contributed by atoms with van der Waals surface area (Å²) in [4.78, 5) is 29.4. The van der Waals surface area contributed by atoms with E-state index in [0.717, 1.165) is 49.0 Å². The first-order valence-corrected chi connectivity index (χ1v) is 12.9. The Bertz CT molecular complexity index is 1280. The predicted molar refractivity (Wildman–Crippen MR) is 136 cm³/mol. The summed E-state index contributed by atoms with van der Waals surface area (Å²) in [6.07, 6.45) is 11.4. The van der Waals surface area contributed by atoms with E-state index in [2.05, 4.69) is 11.5 Å². The van der Waals surface area contributed by atoms with E-state index >= 15 is 0 Å². The summed E-state index contributed by atoms with van der Waals surface area (Å²) in [5.41, 5.74) is 2.31. The zero-order chi connectivity index (χ0) is 25.9. The third-order valence-electron chi connectivity index (χ3n) is 8.92. The standard InChI is InChI=1S/C29H32N2O6/c1-4-11-31-12-10-29-20-6-7-21(30(3)25(34)8-5-18-9-13-35-16-18)28(29)37-27-24(36-17(2)32)15-23(33)19(26(27)29)14-22(20)31/h4-5,8-9,13,15-16,20-22,28,33H,1,6-7,10-12,14H2,2-3H3/b8-5+/t20-,21+,22+,28-,29-/m0/s1. The summed E-state index contributed by atoms with van der Waals surface area (Å²) in [6.45, 7) is 6.96. The smallest absolute Gasteiger partial charge is 0.308 e. The summed E-state index contributed by atoms with van der Waals surface area (Å²) in [5, 5.41) is 11.1. The molecule has 4 aliphatic rings. The van der Waals surface area contributed by atoms with Crippen LogP contribution >= 0.6 is 0 Å². The lowest BCUT2D eigenvalue weighted by Gasteiger charge is -2.60. The van der Waals surface area contributed by atoms with Gasteiger partial charge in [0.25, 0.3) is 0 Å². The first-order chi connectivity index (χ1) is 17.8. The monoisotopic (exact) mass is 504 g/mol. The highest BCUT2D eigenvalue weighted by Gasteiger charge is 2.67. The maximum Gasteiger partial charge on any atom is 0.308 e. The summed E-state index contributed by atoms with van der Waals surface area (Å²) in [7, 11) is 1.83. The Morgan fingerprint density at radius 2 is 2.22 bits per heavy atom. The van der Waals surface area contributed by atoms with Gasteiger partial charge < -0.3 is 23.9 Å². The Morgan fingerprint density at radius 3 is 2.95 bits per heavy atom. The number of nitrogens with zero attached hydrogens (tertiary/aromatic N) is 2. The second kappa shape index (κ2) is 8.80. The molecule has 0 radical (unpaired) electrons. The van der Waals surface area contributed by atoms with Crippen LogP contribution in [0.3, 0.4) is 0 Å². The molecule has 1 saturated heterocycles. The molecular weight excluding hydrogens is 472 g/mol. The molecule has 0 unspecified atom stereocenters. The molecule has 1 N–H and O–H groups in total. The van der Waals surface area contributed by atoms with Gasteiger partial charge >= 0.3 is 5.97 Å². The van der Waals surface area contributed by atoms with Gasteiger partial charge in [0, 0.05) is 60.8 Å². The number of ether oxygens (including phenoxy) is 2. The first kappa shape index (κ1) is 23.9. The second-order valence-corrected chi connectivity index (χ2v) is 10.6. The van der Waals surface area contributed by atoms with E-state index in [-0.39, 0.29) is 41.0 Å². The number of rotatable bonds is 6. The van der Waals surface area contributed by atoms with Gasteiger partial charge in [0.05, 0.1) is 18.6 Å². The molecule has 2 aromatic rings. The van der Waals surface area contributed by atoms with Crippen LogP contribution in [0.15, 0.2) is 47.8 Å². The van der Waals surface area contributed by atoms with E-state index in [1.165, 1.54) is 13.0 Å². The van der Waals surface area contributed by atoms with Gasteiger partial charge in [-0.15, -0.1) is 6.58 Å². The van der Waals surface area contributed by atoms with Crippen LogP contribution in [0.5, 0.6) is 17.2 Å². The van der Waals surface area contributed by atoms with Crippen molar-refractivity contribution in [1.29, 1.82) is 0 Å². The van der Waals surface area contributed by atoms with Crippen molar-refractivity contribution in [2.45, 2.75) is 56.2 Å². The number of likely N-dealkylation sites (tertiary alicyclic amines) is 1. The van der Waals surface area contributed by atoms with Gasteiger partial charge in [-0.1, -0.05) is 6.08 Å². The third-order valence-corrected chi connectivity index (χ3v) is 8.92. The molecule has 2 aliphatic heterocycles. The third kappa shape index (κ3) is 3.53. The lowest BCUT2D eigenvalue weighted by atomic mass is 9.51. The fraction of sp³-hybridized carbons (Fsp3) is 0.448. The zero-order valence-corrected chi connectivity index (χ0v) is 21.2. The minimum absolute atomic E-state index is 0.111. The van der Waals surface area contributed by atoms with Crippen LogP contribution in [-0.2, 0) is 21.4 Å². The number of carbonyl (C=O) groups excluding carboxylic acids is 2. The van der Waals surface area contributed by atoms with Gasteiger partial charge in [0.1, 0.15) is 11.9 Å². The van der Waals surface area contributed by atoms with Gasteiger partial charge in [-0.3, -0.25) is 14.5 Å². The molecule has 1 spiro atoms. The van der Waals surface area contributed by atoms with E-state index < -0.39 is 5.97 Å². The molecule has 5 atom stereocenters. The number of benzene rings is 1. The molecule has 2 aliphatic carbocycles. The number of carbonyl (C=O) groups is 2. The zero-order valence-electron chi connectivity index (χ0n) is 21.2. The van der Waals surface area contributed by atoms with Crippen LogP contribution in [0.2, 0.25) is 0 Å². The fourth-order valence-electron chi connectivity index (χ4n) is 7.49. The van der Waals surface area contributed by atoms with Crippen molar-refractivity contribution in [3.8, 4) is 17.2 Å². The van der Waals surface area contributed by atoms with Crippen LogP contribution < -0.4 is 9.47 Å². The van der Waals surface area contributed by atoms with Crippen molar-refractivity contribution in [1.82, 2.24) is 9.80 Å². The highest BCUT2D eigenvalue weighted by molar-refractivity contribution is 5.92. The topological polar surface area (TPSA) is 92.5 Å². The number of hydrogen-bond acceptors (Lipinski definition) is 7. The quantitative estimate of drug-likeness (QED) is 0.278. The largest absolute Gasteiger partial charge is 0.508 e. The number of furan rings is 1. The van der Waals surface area contributed by atoms with Crippen molar-refractivity contribution in [3.05, 3.63) is 60.1 Å². The summed E-state index contributed by atoms with van der Waals surface area (Å²) in [6, 6.07) is 3.38. The summed E-state index contributed by atoms with van der Waals surface area (Å²) >= 11 is 0. The maximum atomic E-state index is 13.3. The average Bonchev–Trinajstić information content (AvgIpc) is 3.51.